The number of hydrogen-bond acceptors (Lipinski definition) is 10. The standard InChI is InChI=1S/C35H41NO9/c1-15(2)31(40)45-29-23(39)30(43-18(5)38)35-26-20-13-34-12-16(3)21(25(27(34)35)42-17(4)37)24(44-32(41)19-10-8-7-9-11-19)22(34)28(35)36(20)14-33(26,29)6/h7-11,15,20-30,39H,3,12-14H2,1-2,4-6H3/t20-,21-,22+,23-,24?,25+,26+,27+,28+,29+,30+,33-,34-,35+/m0/s1. The van der Waals surface area contributed by atoms with E-state index in [-0.39, 0.29) is 29.8 Å². The predicted molar refractivity (Wildman–Crippen MR) is 157 cm³/mol. The number of hydrogen-bond donors (Lipinski definition) is 1. The van der Waals surface area contributed by atoms with Crippen LogP contribution in [0.4, 0.5) is 0 Å². The Balaban J connectivity index is 1.32. The van der Waals surface area contributed by atoms with Crippen LogP contribution in [0.2, 0.25) is 0 Å². The number of nitrogens with zero attached hydrogens (tertiary/aromatic N) is 1. The van der Waals surface area contributed by atoms with Crippen molar-refractivity contribution in [2.45, 2.75) is 90.1 Å². The van der Waals surface area contributed by atoms with Gasteiger partial charge in [0.25, 0.3) is 0 Å². The lowest BCUT2D eigenvalue weighted by Gasteiger charge is -2.67. The number of esters is 4. The minimum Gasteiger partial charge on any atom is -0.461 e. The summed E-state index contributed by atoms with van der Waals surface area (Å²) in [7, 11) is 0. The fourth-order valence-electron chi connectivity index (χ4n) is 12.5. The van der Waals surface area contributed by atoms with Crippen LogP contribution in [0.5, 0.6) is 0 Å². The average molecular weight is 620 g/mol. The Morgan fingerprint density at radius 3 is 2.29 bits per heavy atom. The Bertz CT molecular complexity index is 1530. The number of carbonyl (C=O) groups is 4. The van der Waals surface area contributed by atoms with Gasteiger partial charge in [-0.05, 0) is 36.3 Å². The maximum Gasteiger partial charge on any atom is 0.338 e. The molecule has 9 aliphatic rings. The van der Waals surface area contributed by atoms with Crippen molar-refractivity contribution in [2.75, 3.05) is 6.54 Å². The molecule has 9 fully saturated rings. The fraction of sp³-hybridized carbons (Fsp3) is 0.657. The van der Waals surface area contributed by atoms with E-state index in [4.69, 9.17) is 18.9 Å². The molecule has 3 saturated heterocycles. The highest BCUT2D eigenvalue weighted by molar-refractivity contribution is 5.89. The first-order valence-corrected chi connectivity index (χ1v) is 16.2. The molecular weight excluding hydrogens is 578 g/mol. The van der Waals surface area contributed by atoms with Crippen LogP contribution in [0.15, 0.2) is 42.5 Å². The summed E-state index contributed by atoms with van der Waals surface area (Å²) in [6, 6.07) is 8.73. The van der Waals surface area contributed by atoms with Crippen molar-refractivity contribution in [3.63, 3.8) is 0 Å². The van der Waals surface area contributed by atoms with Crippen molar-refractivity contribution >= 4 is 23.9 Å². The van der Waals surface area contributed by atoms with E-state index in [9.17, 15) is 24.3 Å². The van der Waals surface area contributed by atoms with Crippen LogP contribution in [0, 0.1) is 45.8 Å². The number of benzene rings is 1. The Kier molecular flexibility index (Phi) is 5.96. The molecular formula is C35H41NO9. The van der Waals surface area contributed by atoms with Gasteiger partial charge in [-0.2, -0.15) is 0 Å². The Morgan fingerprint density at radius 1 is 0.956 bits per heavy atom. The van der Waals surface area contributed by atoms with Crippen LogP contribution in [-0.2, 0) is 33.3 Å². The largest absolute Gasteiger partial charge is 0.461 e. The third-order valence-corrected chi connectivity index (χ3v) is 12.9. The maximum atomic E-state index is 13.7. The molecule has 3 aliphatic heterocycles. The van der Waals surface area contributed by atoms with Crippen LogP contribution in [0.1, 0.15) is 57.8 Å². The molecule has 1 aromatic rings. The summed E-state index contributed by atoms with van der Waals surface area (Å²) in [5.41, 5.74) is -0.579. The number of carbonyl (C=O) groups excluding carboxylic acids is 4. The zero-order chi connectivity index (χ0) is 32.0. The molecule has 2 unspecified atom stereocenters. The summed E-state index contributed by atoms with van der Waals surface area (Å²) in [4.78, 5) is 54.8. The Labute approximate surface area is 262 Å². The smallest absolute Gasteiger partial charge is 0.338 e. The first-order chi connectivity index (χ1) is 21.3. The molecule has 6 aliphatic carbocycles. The molecule has 0 amide bonds. The van der Waals surface area contributed by atoms with Crippen LogP contribution in [0.3, 0.4) is 0 Å². The molecule has 3 heterocycles. The van der Waals surface area contributed by atoms with Gasteiger partial charge in [0.15, 0.2) is 0 Å². The van der Waals surface area contributed by atoms with Gasteiger partial charge in [-0.1, -0.05) is 51.1 Å². The van der Waals surface area contributed by atoms with Crippen LogP contribution in [-0.4, -0.2) is 83.0 Å². The highest BCUT2D eigenvalue weighted by atomic mass is 16.6. The number of piperidine rings is 2. The SMILES string of the molecule is C=C1C[C@]23C[C@H]4[C@@H]5[C@]6(C)CN4[C@@H]4[C@H]2C(OC(=O)c2ccccc2)[C@H]1[C@@H](OC(C)=O)[C@H]3[C@]54[C@H](OC(C)=O)[C@@H](O)[C@H]6OC(=O)C(C)C. The lowest BCUT2D eigenvalue weighted by Crippen LogP contribution is -2.75. The highest BCUT2D eigenvalue weighted by Gasteiger charge is 2.95. The van der Waals surface area contributed by atoms with Crippen LogP contribution >= 0.6 is 0 Å². The van der Waals surface area contributed by atoms with E-state index in [0.717, 1.165) is 12.0 Å². The molecule has 6 saturated carbocycles. The van der Waals surface area contributed by atoms with Gasteiger partial charge < -0.3 is 24.1 Å². The van der Waals surface area contributed by atoms with E-state index in [2.05, 4.69) is 18.4 Å². The quantitative estimate of drug-likeness (QED) is 0.288. The van der Waals surface area contributed by atoms with E-state index in [1.54, 1.807) is 38.1 Å². The summed E-state index contributed by atoms with van der Waals surface area (Å²) < 4.78 is 25.0. The van der Waals surface area contributed by atoms with Gasteiger partial charge >= 0.3 is 23.9 Å². The number of aliphatic hydroxyl groups excluding tert-OH is 1. The van der Waals surface area contributed by atoms with Gasteiger partial charge in [0.2, 0.25) is 0 Å². The minimum atomic E-state index is -1.29. The third kappa shape index (κ3) is 3.32. The van der Waals surface area contributed by atoms with Crippen molar-refractivity contribution in [3.05, 3.63) is 48.0 Å². The summed E-state index contributed by atoms with van der Waals surface area (Å²) in [5, 5.41) is 12.2. The number of rotatable bonds is 6. The second kappa shape index (κ2) is 9.18. The first-order valence-electron chi connectivity index (χ1n) is 16.2. The zero-order valence-electron chi connectivity index (χ0n) is 26.3. The van der Waals surface area contributed by atoms with Gasteiger partial charge in [0.1, 0.15) is 30.5 Å². The number of fused-ring (bicyclic) bond motifs is 1. The average Bonchev–Trinajstić information content (AvgIpc) is 3.42. The van der Waals surface area contributed by atoms with Crippen molar-refractivity contribution in [1.29, 1.82) is 0 Å². The Morgan fingerprint density at radius 2 is 1.64 bits per heavy atom. The number of aliphatic hydroxyl groups is 1. The summed E-state index contributed by atoms with van der Waals surface area (Å²) in [6.45, 7) is 13.3. The summed E-state index contributed by atoms with van der Waals surface area (Å²) >= 11 is 0. The van der Waals surface area contributed by atoms with Gasteiger partial charge in [0, 0.05) is 55.1 Å². The normalized spacial score (nSPS) is 48.8. The molecule has 10 rings (SSSR count). The van der Waals surface area contributed by atoms with E-state index < -0.39 is 82.5 Å². The maximum absolute atomic E-state index is 13.7. The molecule has 45 heavy (non-hydrogen) atoms. The molecule has 9 bridgehead atoms. The van der Waals surface area contributed by atoms with Crippen molar-refractivity contribution in [1.82, 2.24) is 4.90 Å². The monoisotopic (exact) mass is 619 g/mol. The first kappa shape index (κ1) is 29.2. The molecule has 2 spiro atoms. The van der Waals surface area contributed by atoms with Crippen LogP contribution in [0.25, 0.3) is 0 Å². The zero-order valence-corrected chi connectivity index (χ0v) is 26.3. The molecule has 10 heteroatoms. The van der Waals surface area contributed by atoms with Crippen molar-refractivity contribution in [2.24, 2.45) is 45.8 Å². The second-order valence-electron chi connectivity index (χ2n) is 15.3. The van der Waals surface area contributed by atoms with Crippen molar-refractivity contribution < 1.29 is 43.2 Å². The lowest BCUT2D eigenvalue weighted by molar-refractivity contribution is -0.282. The van der Waals surface area contributed by atoms with E-state index in [1.807, 2.05) is 6.07 Å². The summed E-state index contributed by atoms with van der Waals surface area (Å²) in [6.07, 6.45) is -3.06. The van der Waals surface area contributed by atoms with E-state index in [0.29, 0.717) is 18.5 Å². The molecule has 10 nitrogen and oxygen atoms in total. The van der Waals surface area contributed by atoms with Crippen molar-refractivity contribution in [3.8, 4) is 0 Å². The highest BCUT2D eigenvalue weighted by Crippen LogP contribution is 2.87. The van der Waals surface area contributed by atoms with E-state index >= 15 is 0 Å². The van der Waals surface area contributed by atoms with Gasteiger partial charge in [-0.25, -0.2) is 4.79 Å². The molecule has 1 aromatic carbocycles. The molecule has 15 atom stereocenters. The lowest BCUT2D eigenvalue weighted by atomic mass is 9.38. The van der Waals surface area contributed by atoms with Gasteiger partial charge in [-0.3, -0.25) is 19.3 Å². The second-order valence-corrected chi connectivity index (χ2v) is 15.3. The third-order valence-electron chi connectivity index (χ3n) is 12.9. The molecule has 240 valence electrons. The van der Waals surface area contributed by atoms with Gasteiger partial charge in [0.05, 0.1) is 17.4 Å². The summed E-state index contributed by atoms with van der Waals surface area (Å²) in [5.74, 6) is -3.25. The number of ether oxygens (including phenoxy) is 4. The van der Waals surface area contributed by atoms with Gasteiger partial charge in [-0.15, -0.1) is 0 Å². The molecule has 0 aromatic heterocycles. The fourth-order valence-corrected chi connectivity index (χ4v) is 12.5. The Hall–Kier alpha value is -3.24. The molecule has 1 N–H and O–H groups in total. The predicted octanol–water partition coefficient (Wildman–Crippen LogP) is 2.92. The topological polar surface area (TPSA) is 129 Å². The van der Waals surface area contributed by atoms with Crippen LogP contribution < -0.4 is 0 Å². The van der Waals surface area contributed by atoms with E-state index in [1.165, 1.54) is 13.8 Å². The minimum absolute atomic E-state index is 0.0733. The molecule has 0 radical (unpaired) electrons.